The molecule has 38 heavy (non-hydrogen) atoms. The first kappa shape index (κ1) is 26.7. The molecule has 13 heteroatoms. The molecule has 0 fully saturated rings. The van der Waals surface area contributed by atoms with Gasteiger partial charge in [-0.1, -0.05) is 17.4 Å². The van der Waals surface area contributed by atoms with Gasteiger partial charge in [0.1, 0.15) is 12.4 Å². The van der Waals surface area contributed by atoms with Crippen LogP contribution in [-0.2, 0) is 30.8 Å². The summed E-state index contributed by atoms with van der Waals surface area (Å²) in [6.07, 6.45) is 0. The van der Waals surface area contributed by atoms with Crippen molar-refractivity contribution in [2.45, 2.75) is 11.4 Å². The number of nitrogens with one attached hydrogen (secondary N) is 1. The molecular formula is C25H20FN3O7S2. The monoisotopic (exact) mass is 557 g/mol. The zero-order chi connectivity index (χ0) is 27.4. The molecule has 0 aliphatic rings. The number of anilines is 1. The van der Waals surface area contributed by atoms with E-state index in [2.05, 4.69) is 9.71 Å². The second-order valence-corrected chi connectivity index (χ2v) is 10.5. The summed E-state index contributed by atoms with van der Waals surface area (Å²) in [4.78, 5) is 41.2. The number of fused-ring (bicyclic) bond motifs is 1. The van der Waals surface area contributed by atoms with Gasteiger partial charge >= 0.3 is 11.9 Å². The molecule has 4 rings (SSSR count). The molecule has 1 heterocycles. The third-order valence-corrected chi connectivity index (χ3v) is 7.74. The maximum atomic E-state index is 13.2. The number of ether oxygens (including phenoxy) is 2. The maximum Gasteiger partial charge on any atom is 0.337 e. The van der Waals surface area contributed by atoms with Crippen molar-refractivity contribution >= 4 is 55.1 Å². The second kappa shape index (κ2) is 10.9. The Bertz CT molecular complexity index is 1730. The fraction of sp³-hybridized carbons (Fsp3) is 0.120. The molecule has 1 amide bonds. The maximum absolute atomic E-state index is 13.2. The summed E-state index contributed by atoms with van der Waals surface area (Å²) < 4.78 is 52.4. The highest BCUT2D eigenvalue weighted by molar-refractivity contribution is 7.92. The Hall–Kier alpha value is -4.36. The normalized spacial score (nSPS) is 11.8. The number of halogens is 1. The molecule has 0 bridgehead atoms. The fourth-order valence-electron chi connectivity index (χ4n) is 3.44. The Morgan fingerprint density at radius 2 is 1.71 bits per heavy atom. The van der Waals surface area contributed by atoms with Crippen molar-refractivity contribution in [3.05, 3.63) is 88.5 Å². The van der Waals surface area contributed by atoms with E-state index in [9.17, 15) is 27.2 Å². The number of aromatic nitrogens is 1. The average Bonchev–Trinajstić information content (AvgIpc) is 3.23. The van der Waals surface area contributed by atoms with E-state index < -0.39 is 33.7 Å². The first-order chi connectivity index (χ1) is 18.1. The zero-order valence-electron chi connectivity index (χ0n) is 20.0. The van der Waals surface area contributed by atoms with Crippen LogP contribution >= 0.6 is 11.3 Å². The van der Waals surface area contributed by atoms with E-state index in [0.717, 1.165) is 35.6 Å². The van der Waals surface area contributed by atoms with Crippen molar-refractivity contribution < 1.29 is 36.7 Å². The van der Waals surface area contributed by atoms with E-state index in [1.807, 2.05) is 0 Å². The van der Waals surface area contributed by atoms with E-state index in [1.54, 1.807) is 12.1 Å². The van der Waals surface area contributed by atoms with Gasteiger partial charge in [0.15, 0.2) is 4.80 Å². The number of esters is 2. The SMILES string of the molecule is COC(=O)Cn1c(=NC(=O)c2cccc(NS(=O)(=O)c3ccc(F)cc3)c2)sc2cc(C(=O)OC)ccc21. The molecule has 1 aromatic heterocycles. The second-order valence-electron chi connectivity index (χ2n) is 7.78. The highest BCUT2D eigenvalue weighted by Gasteiger charge is 2.17. The van der Waals surface area contributed by atoms with Gasteiger partial charge in [-0.25, -0.2) is 17.6 Å². The molecule has 3 aromatic carbocycles. The predicted octanol–water partition coefficient (Wildman–Crippen LogP) is 3.34. The van der Waals surface area contributed by atoms with Gasteiger partial charge in [0.05, 0.1) is 34.9 Å². The minimum Gasteiger partial charge on any atom is -0.468 e. The number of hydrogen-bond acceptors (Lipinski definition) is 8. The molecule has 0 spiro atoms. The van der Waals surface area contributed by atoms with Gasteiger partial charge in [-0.3, -0.25) is 14.3 Å². The summed E-state index contributed by atoms with van der Waals surface area (Å²) in [6.45, 7) is -0.238. The first-order valence-corrected chi connectivity index (χ1v) is 13.2. The van der Waals surface area contributed by atoms with Crippen LogP contribution in [0.3, 0.4) is 0 Å². The Morgan fingerprint density at radius 1 is 0.974 bits per heavy atom. The molecule has 0 radical (unpaired) electrons. The summed E-state index contributed by atoms with van der Waals surface area (Å²) in [5, 5.41) is 0. The van der Waals surface area contributed by atoms with E-state index in [0.29, 0.717) is 10.2 Å². The largest absolute Gasteiger partial charge is 0.468 e. The molecule has 0 aliphatic carbocycles. The summed E-state index contributed by atoms with van der Waals surface area (Å²) in [7, 11) is -1.55. The lowest BCUT2D eigenvalue weighted by Crippen LogP contribution is -2.22. The molecule has 4 aromatic rings. The molecule has 0 saturated heterocycles. The molecule has 0 aliphatic heterocycles. The van der Waals surface area contributed by atoms with Crippen molar-refractivity contribution in [3.63, 3.8) is 0 Å². The molecule has 1 N–H and O–H groups in total. The van der Waals surface area contributed by atoms with E-state index in [-0.39, 0.29) is 33.1 Å². The molecule has 196 valence electrons. The van der Waals surface area contributed by atoms with Crippen LogP contribution in [0, 0.1) is 5.82 Å². The smallest absolute Gasteiger partial charge is 0.337 e. The van der Waals surface area contributed by atoms with Crippen molar-refractivity contribution in [1.82, 2.24) is 4.57 Å². The number of benzene rings is 3. The molecule has 0 saturated carbocycles. The lowest BCUT2D eigenvalue weighted by Gasteiger charge is -2.09. The van der Waals surface area contributed by atoms with Crippen LogP contribution in [0.4, 0.5) is 10.1 Å². The molecule has 0 unspecified atom stereocenters. The summed E-state index contributed by atoms with van der Waals surface area (Å²) >= 11 is 1.07. The lowest BCUT2D eigenvalue weighted by molar-refractivity contribution is -0.141. The number of carbonyl (C=O) groups excluding carboxylic acids is 3. The van der Waals surface area contributed by atoms with E-state index in [4.69, 9.17) is 9.47 Å². The quantitative estimate of drug-likeness (QED) is 0.345. The van der Waals surface area contributed by atoms with Crippen molar-refractivity contribution in [2.24, 2.45) is 4.99 Å². The van der Waals surface area contributed by atoms with E-state index in [1.165, 1.54) is 49.1 Å². The van der Waals surface area contributed by atoms with Crippen LogP contribution in [-0.4, -0.2) is 45.1 Å². The topological polar surface area (TPSA) is 133 Å². The van der Waals surface area contributed by atoms with Crippen LogP contribution < -0.4 is 9.52 Å². The number of thiazole rings is 1. The average molecular weight is 558 g/mol. The molecular weight excluding hydrogens is 537 g/mol. The van der Waals surface area contributed by atoms with Gasteiger partial charge in [0.2, 0.25) is 0 Å². The summed E-state index contributed by atoms with van der Waals surface area (Å²) in [6, 6.07) is 14.7. The first-order valence-electron chi connectivity index (χ1n) is 10.9. The van der Waals surface area contributed by atoms with Crippen LogP contribution in [0.2, 0.25) is 0 Å². The number of methoxy groups -OCH3 is 2. The van der Waals surface area contributed by atoms with Gasteiger partial charge in [0.25, 0.3) is 15.9 Å². The van der Waals surface area contributed by atoms with Crippen LogP contribution in [0.25, 0.3) is 10.2 Å². The van der Waals surface area contributed by atoms with E-state index >= 15 is 0 Å². The lowest BCUT2D eigenvalue weighted by atomic mass is 10.2. The highest BCUT2D eigenvalue weighted by atomic mass is 32.2. The van der Waals surface area contributed by atoms with Gasteiger partial charge < -0.3 is 14.0 Å². The summed E-state index contributed by atoms with van der Waals surface area (Å²) in [5.74, 6) is -2.40. The number of amides is 1. The third-order valence-electron chi connectivity index (χ3n) is 5.30. The Balaban J connectivity index is 1.71. The van der Waals surface area contributed by atoms with Gasteiger partial charge in [-0.05, 0) is 60.7 Å². The minimum absolute atomic E-state index is 0.0710. The number of carbonyl (C=O) groups is 3. The minimum atomic E-state index is -4.04. The van der Waals surface area contributed by atoms with Crippen LogP contribution in [0.1, 0.15) is 20.7 Å². The van der Waals surface area contributed by atoms with Gasteiger partial charge in [-0.15, -0.1) is 0 Å². The standard InChI is InChI=1S/C25H20FN3O7S2/c1-35-22(30)14-29-20-11-6-16(24(32)36-2)13-21(20)37-25(29)27-23(31)15-4-3-5-18(12-15)28-38(33,34)19-9-7-17(26)8-10-19/h3-13,28H,14H2,1-2H3. The van der Waals surface area contributed by atoms with Crippen molar-refractivity contribution in [2.75, 3.05) is 18.9 Å². The summed E-state index contributed by atoms with van der Waals surface area (Å²) in [5.41, 5.74) is 0.990. The predicted molar refractivity (Wildman–Crippen MR) is 137 cm³/mol. The van der Waals surface area contributed by atoms with Crippen molar-refractivity contribution in [1.29, 1.82) is 0 Å². The van der Waals surface area contributed by atoms with Gasteiger partial charge in [0, 0.05) is 11.3 Å². The van der Waals surface area contributed by atoms with Crippen LogP contribution in [0.15, 0.2) is 76.6 Å². The molecule has 10 nitrogen and oxygen atoms in total. The van der Waals surface area contributed by atoms with Crippen LogP contribution in [0.5, 0.6) is 0 Å². The number of hydrogen-bond donors (Lipinski definition) is 1. The Labute approximate surface area is 220 Å². The van der Waals surface area contributed by atoms with Gasteiger partial charge in [-0.2, -0.15) is 4.99 Å². The zero-order valence-corrected chi connectivity index (χ0v) is 21.6. The fourth-order valence-corrected chi connectivity index (χ4v) is 5.56. The number of rotatable bonds is 7. The number of nitrogens with zero attached hydrogens (tertiary/aromatic N) is 2. The number of sulfonamides is 1. The molecule has 0 atom stereocenters. The third kappa shape index (κ3) is 5.79. The highest BCUT2D eigenvalue weighted by Crippen LogP contribution is 2.21. The Morgan fingerprint density at radius 3 is 2.39 bits per heavy atom. The Kier molecular flexibility index (Phi) is 7.69. The van der Waals surface area contributed by atoms with Crippen molar-refractivity contribution in [3.8, 4) is 0 Å².